The molecule has 0 aliphatic rings. The quantitative estimate of drug-likeness (QED) is 0.303. The lowest BCUT2D eigenvalue weighted by molar-refractivity contribution is 0.0528. The van der Waals surface area contributed by atoms with Crippen molar-refractivity contribution in [3.63, 3.8) is 0 Å². The van der Waals surface area contributed by atoms with Crippen molar-refractivity contribution in [2.45, 2.75) is 13.8 Å². The Morgan fingerprint density at radius 3 is 2.55 bits per heavy atom. The van der Waals surface area contributed by atoms with Crippen molar-refractivity contribution in [3.8, 4) is 10.4 Å². The molecule has 3 rings (SSSR count). The van der Waals surface area contributed by atoms with Crippen molar-refractivity contribution in [3.05, 3.63) is 63.8 Å². The molecule has 0 saturated carbocycles. The van der Waals surface area contributed by atoms with E-state index in [0.29, 0.717) is 16.1 Å². The number of anilines is 1. The highest BCUT2D eigenvalue weighted by Gasteiger charge is 2.19. The monoisotopic (exact) mass is 445 g/mol. The molecular formula is C20H19N3O3S3. The maximum Gasteiger partial charge on any atom is 0.341 e. The van der Waals surface area contributed by atoms with Gasteiger partial charge < -0.3 is 10.1 Å². The molecule has 150 valence electrons. The van der Waals surface area contributed by atoms with Gasteiger partial charge in [0, 0.05) is 15.1 Å². The lowest BCUT2D eigenvalue weighted by atomic mass is 10.1. The third-order valence-corrected chi connectivity index (χ3v) is 5.96. The highest BCUT2D eigenvalue weighted by molar-refractivity contribution is 7.80. The predicted octanol–water partition coefficient (Wildman–Crippen LogP) is 4.59. The number of hydrazine groups is 1. The molecule has 0 spiro atoms. The fraction of sp³-hybridized carbons (Fsp3) is 0.150. The molecule has 0 fully saturated rings. The van der Waals surface area contributed by atoms with Crippen LogP contribution in [0, 0.1) is 6.92 Å². The molecule has 3 N–H and O–H groups in total. The van der Waals surface area contributed by atoms with Crippen molar-refractivity contribution >= 4 is 56.9 Å². The molecule has 2 heterocycles. The number of rotatable bonds is 5. The standard InChI is InChI=1S/C20H19N3O3S3/c1-3-26-19(25)15-10-16(13-7-5-4-6-8-13)29-18(15)21-20(27)23-22-17(24)14-9-12(2)28-11-14/h4-11H,3H2,1-2H3,(H,22,24)(H2,21,23,27). The summed E-state index contributed by atoms with van der Waals surface area (Å²) in [5, 5.41) is 5.46. The number of nitrogens with one attached hydrogen (secondary N) is 3. The number of aryl methyl sites for hydroxylation is 1. The van der Waals surface area contributed by atoms with Gasteiger partial charge in [-0.2, -0.15) is 0 Å². The Bertz CT molecular complexity index is 1030. The Balaban J connectivity index is 1.72. The average Bonchev–Trinajstić information content (AvgIpc) is 3.33. The lowest BCUT2D eigenvalue weighted by Crippen LogP contribution is -2.43. The summed E-state index contributed by atoms with van der Waals surface area (Å²) in [7, 11) is 0. The van der Waals surface area contributed by atoms with Crippen molar-refractivity contribution in [2.75, 3.05) is 11.9 Å². The number of benzene rings is 1. The molecule has 0 aliphatic carbocycles. The zero-order chi connectivity index (χ0) is 20.8. The van der Waals surface area contributed by atoms with Gasteiger partial charge in [0.2, 0.25) is 0 Å². The molecule has 1 amide bonds. The van der Waals surface area contributed by atoms with Crippen molar-refractivity contribution in [1.29, 1.82) is 0 Å². The second-order valence-electron chi connectivity index (χ2n) is 5.92. The Morgan fingerprint density at radius 2 is 1.90 bits per heavy atom. The average molecular weight is 446 g/mol. The number of carbonyl (C=O) groups excluding carboxylic acids is 2. The van der Waals surface area contributed by atoms with Crippen LogP contribution in [-0.2, 0) is 4.74 Å². The van der Waals surface area contributed by atoms with E-state index < -0.39 is 5.97 Å². The van der Waals surface area contributed by atoms with Gasteiger partial charge in [-0.15, -0.1) is 22.7 Å². The number of esters is 1. The number of hydrogen-bond donors (Lipinski definition) is 3. The molecular weight excluding hydrogens is 426 g/mol. The molecule has 29 heavy (non-hydrogen) atoms. The van der Waals surface area contributed by atoms with Gasteiger partial charge in [-0.3, -0.25) is 15.6 Å². The first kappa shape index (κ1) is 21.0. The SMILES string of the molecule is CCOC(=O)c1cc(-c2ccccc2)sc1NC(=S)NNC(=O)c1csc(C)c1. The minimum atomic E-state index is -0.436. The molecule has 3 aromatic rings. The zero-order valence-corrected chi connectivity index (χ0v) is 18.2. The third kappa shape index (κ3) is 5.41. The third-order valence-electron chi connectivity index (χ3n) is 3.80. The van der Waals surface area contributed by atoms with Crippen LogP contribution in [0.5, 0.6) is 0 Å². The van der Waals surface area contributed by atoms with Gasteiger partial charge >= 0.3 is 5.97 Å². The van der Waals surface area contributed by atoms with Gasteiger partial charge in [-0.1, -0.05) is 30.3 Å². The maximum atomic E-state index is 12.4. The Kier molecular flexibility index (Phi) is 6.97. The van der Waals surface area contributed by atoms with Crippen LogP contribution in [0.4, 0.5) is 5.00 Å². The maximum absolute atomic E-state index is 12.4. The van der Waals surface area contributed by atoms with Crippen LogP contribution >= 0.6 is 34.9 Å². The number of ether oxygens (including phenoxy) is 1. The van der Waals surface area contributed by atoms with E-state index in [9.17, 15) is 9.59 Å². The van der Waals surface area contributed by atoms with E-state index in [2.05, 4.69) is 16.2 Å². The smallest absolute Gasteiger partial charge is 0.341 e. The summed E-state index contributed by atoms with van der Waals surface area (Å²) in [6, 6.07) is 13.3. The molecule has 0 bridgehead atoms. The van der Waals surface area contributed by atoms with Gasteiger partial charge in [0.15, 0.2) is 5.11 Å². The van der Waals surface area contributed by atoms with Gasteiger partial charge in [-0.05, 0) is 43.8 Å². The van der Waals surface area contributed by atoms with Gasteiger partial charge in [0.1, 0.15) is 5.00 Å². The number of thiophene rings is 2. The summed E-state index contributed by atoms with van der Waals surface area (Å²) in [6.45, 7) is 3.95. The van der Waals surface area contributed by atoms with E-state index in [4.69, 9.17) is 17.0 Å². The minimum absolute atomic E-state index is 0.164. The Labute approximate surface area is 181 Å². The van der Waals surface area contributed by atoms with Crippen LogP contribution in [0.1, 0.15) is 32.5 Å². The summed E-state index contributed by atoms with van der Waals surface area (Å²) in [4.78, 5) is 26.4. The zero-order valence-electron chi connectivity index (χ0n) is 15.8. The van der Waals surface area contributed by atoms with E-state index in [1.165, 1.54) is 22.7 Å². The van der Waals surface area contributed by atoms with Gasteiger partial charge in [0.25, 0.3) is 5.91 Å². The number of amides is 1. The van der Waals surface area contributed by atoms with E-state index in [1.807, 2.05) is 37.3 Å². The van der Waals surface area contributed by atoms with Crippen LogP contribution in [0.15, 0.2) is 47.8 Å². The van der Waals surface area contributed by atoms with Gasteiger partial charge in [0.05, 0.1) is 17.7 Å². The molecule has 0 aliphatic heterocycles. The topological polar surface area (TPSA) is 79.5 Å². The van der Waals surface area contributed by atoms with Crippen LogP contribution in [0.3, 0.4) is 0 Å². The second kappa shape index (κ2) is 9.64. The fourth-order valence-electron chi connectivity index (χ4n) is 2.47. The van der Waals surface area contributed by atoms with Crippen molar-refractivity contribution in [1.82, 2.24) is 10.9 Å². The molecule has 1 aromatic carbocycles. The largest absolute Gasteiger partial charge is 0.462 e. The Hall–Kier alpha value is -2.75. The first-order chi connectivity index (χ1) is 14.0. The molecule has 0 unspecified atom stereocenters. The van der Waals surface area contributed by atoms with E-state index in [0.717, 1.165) is 15.3 Å². The molecule has 0 saturated heterocycles. The highest BCUT2D eigenvalue weighted by atomic mass is 32.1. The first-order valence-corrected chi connectivity index (χ1v) is 10.9. The summed E-state index contributed by atoms with van der Waals surface area (Å²) in [6.07, 6.45) is 0. The van der Waals surface area contributed by atoms with Crippen LogP contribution < -0.4 is 16.2 Å². The second-order valence-corrected chi connectivity index (χ2v) is 8.50. The molecule has 0 radical (unpaired) electrons. The highest BCUT2D eigenvalue weighted by Crippen LogP contribution is 2.35. The molecule has 2 aromatic heterocycles. The van der Waals surface area contributed by atoms with E-state index in [-0.39, 0.29) is 17.6 Å². The van der Waals surface area contributed by atoms with E-state index >= 15 is 0 Å². The number of thiocarbonyl (C=S) groups is 1. The molecule has 0 atom stereocenters. The van der Waals surface area contributed by atoms with E-state index in [1.54, 1.807) is 24.4 Å². The lowest BCUT2D eigenvalue weighted by Gasteiger charge is -2.11. The minimum Gasteiger partial charge on any atom is -0.462 e. The molecule has 6 nitrogen and oxygen atoms in total. The van der Waals surface area contributed by atoms with Crippen LogP contribution in [0.25, 0.3) is 10.4 Å². The summed E-state index contributed by atoms with van der Waals surface area (Å²) in [5.74, 6) is -0.728. The Morgan fingerprint density at radius 1 is 1.14 bits per heavy atom. The predicted molar refractivity (Wildman–Crippen MR) is 122 cm³/mol. The fourth-order valence-corrected chi connectivity index (χ4v) is 4.43. The van der Waals surface area contributed by atoms with Crippen molar-refractivity contribution in [2.24, 2.45) is 0 Å². The number of hydrogen-bond acceptors (Lipinski definition) is 6. The molecule has 9 heteroatoms. The van der Waals surface area contributed by atoms with Gasteiger partial charge in [-0.25, -0.2) is 4.79 Å². The van der Waals surface area contributed by atoms with Crippen LogP contribution in [-0.4, -0.2) is 23.6 Å². The first-order valence-electron chi connectivity index (χ1n) is 8.76. The number of carbonyl (C=O) groups is 2. The summed E-state index contributed by atoms with van der Waals surface area (Å²) < 4.78 is 5.15. The van der Waals surface area contributed by atoms with Crippen LogP contribution in [0.2, 0.25) is 0 Å². The van der Waals surface area contributed by atoms with Crippen molar-refractivity contribution < 1.29 is 14.3 Å². The summed E-state index contributed by atoms with van der Waals surface area (Å²) >= 11 is 8.14. The summed E-state index contributed by atoms with van der Waals surface area (Å²) in [5.41, 5.74) is 7.14. The normalized spacial score (nSPS) is 10.3.